The third kappa shape index (κ3) is 2.73. The van der Waals surface area contributed by atoms with Crippen LogP contribution in [0.1, 0.15) is 6.42 Å². The molecule has 0 amide bonds. The van der Waals surface area contributed by atoms with Crippen LogP contribution in [0, 0.1) is 0 Å². The number of pyridine rings is 1. The van der Waals surface area contributed by atoms with Gasteiger partial charge in [-0.25, -0.2) is 15.0 Å². The van der Waals surface area contributed by atoms with Gasteiger partial charge in [-0.05, 0) is 6.42 Å². The number of alkyl halides is 1. The molecule has 0 saturated heterocycles. The van der Waals surface area contributed by atoms with Crippen molar-refractivity contribution in [2.45, 2.75) is 6.42 Å². The molecule has 0 radical (unpaired) electrons. The van der Waals surface area contributed by atoms with Gasteiger partial charge in [0.2, 0.25) is 0 Å². The van der Waals surface area contributed by atoms with E-state index in [2.05, 4.69) is 15.0 Å². The van der Waals surface area contributed by atoms with Crippen molar-refractivity contribution in [1.29, 1.82) is 0 Å². The standard InChI is InChI=1S/C11H11Cl2N3O2/c1-17-11-8(18-4-2-3-12)5-7-9(16-11)10(13)15-6-14-7/h5-6H,2-4H2,1H3. The number of hydrogen-bond acceptors (Lipinski definition) is 5. The molecule has 0 N–H and O–H groups in total. The Bertz CT molecular complexity index is 551. The molecule has 7 heteroatoms. The Morgan fingerprint density at radius 3 is 2.89 bits per heavy atom. The second kappa shape index (κ2) is 6.02. The van der Waals surface area contributed by atoms with Gasteiger partial charge in [0.25, 0.3) is 5.88 Å². The van der Waals surface area contributed by atoms with Gasteiger partial charge >= 0.3 is 0 Å². The molecular weight excluding hydrogens is 277 g/mol. The fourth-order valence-electron chi connectivity index (χ4n) is 1.41. The molecule has 0 fully saturated rings. The number of aromatic nitrogens is 3. The Labute approximate surface area is 114 Å². The summed E-state index contributed by atoms with van der Waals surface area (Å²) in [5.74, 6) is 1.41. The Morgan fingerprint density at radius 2 is 2.17 bits per heavy atom. The van der Waals surface area contributed by atoms with Crippen LogP contribution in [0.2, 0.25) is 5.15 Å². The molecule has 0 atom stereocenters. The Morgan fingerprint density at radius 1 is 1.33 bits per heavy atom. The molecule has 2 aromatic rings. The van der Waals surface area contributed by atoms with Crippen molar-refractivity contribution in [3.63, 3.8) is 0 Å². The lowest BCUT2D eigenvalue weighted by molar-refractivity contribution is 0.290. The smallest absolute Gasteiger partial charge is 0.257 e. The summed E-state index contributed by atoms with van der Waals surface area (Å²) in [6.07, 6.45) is 2.12. The van der Waals surface area contributed by atoms with E-state index < -0.39 is 0 Å². The summed E-state index contributed by atoms with van der Waals surface area (Å²) >= 11 is 11.5. The molecule has 0 bridgehead atoms. The van der Waals surface area contributed by atoms with Crippen LogP contribution < -0.4 is 9.47 Å². The predicted molar refractivity (Wildman–Crippen MR) is 69.7 cm³/mol. The number of hydrogen-bond donors (Lipinski definition) is 0. The quantitative estimate of drug-likeness (QED) is 0.481. The summed E-state index contributed by atoms with van der Waals surface area (Å²) in [7, 11) is 1.51. The molecule has 0 saturated carbocycles. The average molecular weight is 288 g/mol. The summed E-state index contributed by atoms with van der Waals surface area (Å²) in [5.41, 5.74) is 1.09. The van der Waals surface area contributed by atoms with Gasteiger partial charge in [0.05, 0.1) is 19.2 Å². The van der Waals surface area contributed by atoms with E-state index in [1.165, 1.54) is 13.4 Å². The number of fused-ring (bicyclic) bond motifs is 1. The van der Waals surface area contributed by atoms with Gasteiger partial charge in [-0.15, -0.1) is 11.6 Å². The van der Waals surface area contributed by atoms with E-state index in [0.29, 0.717) is 35.1 Å². The molecule has 2 rings (SSSR count). The summed E-state index contributed by atoms with van der Waals surface area (Å²) in [6.45, 7) is 0.492. The summed E-state index contributed by atoms with van der Waals surface area (Å²) in [4.78, 5) is 12.2. The van der Waals surface area contributed by atoms with E-state index in [4.69, 9.17) is 32.7 Å². The van der Waals surface area contributed by atoms with Crippen molar-refractivity contribution < 1.29 is 9.47 Å². The maximum atomic E-state index is 5.94. The van der Waals surface area contributed by atoms with Crippen molar-refractivity contribution in [3.05, 3.63) is 17.5 Å². The van der Waals surface area contributed by atoms with Crippen LogP contribution in [0.5, 0.6) is 11.6 Å². The number of ether oxygens (including phenoxy) is 2. The highest BCUT2D eigenvalue weighted by Crippen LogP contribution is 2.30. The lowest BCUT2D eigenvalue weighted by atomic mass is 10.3. The molecular formula is C11H11Cl2N3O2. The fraction of sp³-hybridized carbons (Fsp3) is 0.364. The molecule has 2 aromatic heterocycles. The van der Waals surface area contributed by atoms with E-state index in [-0.39, 0.29) is 5.15 Å². The van der Waals surface area contributed by atoms with Crippen molar-refractivity contribution in [2.24, 2.45) is 0 Å². The maximum Gasteiger partial charge on any atom is 0.257 e. The van der Waals surface area contributed by atoms with E-state index in [0.717, 1.165) is 6.42 Å². The zero-order valence-corrected chi connectivity index (χ0v) is 11.2. The van der Waals surface area contributed by atoms with Gasteiger partial charge in [-0.2, -0.15) is 0 Å². The van der Waals surface area contributed by atoms with Gasteiger partial charge in [0.15, 0.2) is 10.9 Å². The minimum atomic E-state index is 0.283. The van der Waals surface area contributed by atoms with E-state index in [1.807, 2.05) is 0 Å². The SMILES string of the molecule is COc1nc2c(Cl)ncnc2cc1OCCCCl. The first-order chi connectivity index (χ1) is 8.76. The number of rotatable bonds is 5. The van der Waals surface area contributed by atoms with Crippen molar-refractivity contribution >= 4 is 34.2 Å². The lowest BCUT2D eigenvalue weighted by Gasteiger charge is -2.10. The fourth-order valence-corrected chi connectivity index (χ4v) is 1.70. The molecule has 0 aliphatic rings. The van der Waals surface area contributed by atoms with Crippen LogP contribution in [0.25, 0.3) is 11.0 Å². The van der Waals surface area contributed by atoms with Gasteiger partial charge in [0, 0.05) is 11.9 Å². The first-order valence-electron chi connectivity index (χ1n) is 5.30. The molecule has 96 valence electrons. The van der Waals surface area contributed by atoms with E-state index in [1.54, 1.807) is 6.07 Å². The van der Waals surface area contributed by atoms with E-state index >= 15 is 0 Å². The number of halogens is 2. The number of methoxy groups -OCH3 is 1. The van der Waals surface area contributed by atoms with E-state index in [9.17, 15) is 0 Å². The van der Waals surface area contributed by atoms with Gasteiger partial charge in [-0.3, -0.25) is 0 Å². The van der Waals surface area contributed by atoms with Crippen LogP contribution in [-0.2, 0) is 0 Å². The lowest BCUT2D eigenvalue weighted by Crippen LogP contribution is -2.02. The highest BCUT2D eigenvalue weighted by Gasteiger charge is 2.12. The van der Waals surface area contributed by atoms with Crippen LogP contribution >= 0.6 is 23.2 Å². The normalized spacial score (nSPS) is 10.6. The van der Waals surface area contributed by atoms with Crippen LogP contribution in [0.4, 0.5) is 0 Å². The van der Waals surface area contributed by atoms with Gasteiger partial charge in [-0.1, -0.05) is 11.6 Å². The topological polar surface area (TPSA) is 57.1 Å². The summed E-state index contributed by atoms with van der Waals surface area (Å²) < 4.78 is 10.7. The van der Waals surface area contributed by atoms with Crippen LogP contribution in [-0.4, -0.2) is 34.5 Å². The van der Waals surface area contributed by atoms with Crippen LogP contribution in [0.15, 0.2) is 12.4 Å². The van der Waals surface area contributed by atoms with Crippen molar-refractivity contribution in [1.82, 2.24) is 15.0 Å². The monoisotopic (exact) mass is 287 g/mol. The van der Waals surface area contributed by atoms with Gasteiger partial charge in [0.1, 0.15) is 11.8 Å². The largest absolute Gasteiger partial charge is 0.488 e. The Kier molecular flexibility index (Phi) is 4.38. The van der Waals surface area contributed by atoms with Crippen molar-refractivity contribution in [2.75, 3.05) is 19.6 Å². The van der Waals surface area contributed by atoms with Crippen molar-refractivity contribution in [3.8, 4) is 11.6 Å². The zero-order valence-electron chi connectivity index (χ0n) is 9.69. The third-order valence-electron chi connectivity index (χ3n) is 2.23. The molecule has 0 aliphatic carbocycles. The molecule has 5 nitrogen and oxygen atoms in total. The first kappa shape index (κ1) is 13.1. The first-order valence-corrected chi connectivity index (χ1v) is 6.21. The second-order valence-corrected chi connectivity index (χ2v) is 4.15. The average Bonchev–Trinajstić information content (AvgIpc) is 2.39. The molecule has 2 heterocycles. The second-order valence-electron chi connectivity index (χ2n) is 3.42. The number of nitrogens with zero attached hydrogens (tertiary/aromatic N) is 3. The van der Waals surface area contributed by atoms with Crippen LogP contribution in [0.3, 0.4) is 0 Å². The maximum absolute atomic E-state index is 5.94. The Hall–Kier alpha value is -1.33. The summed E-state index contributed by atoms with van der Waals surface area (Å²) in [5, 5.41) is 0.283. The minimum absolute atomic E-state index is 0.283. The molecule has 0 spiro atoms. The predicted octanol–water partition coefficient (Wildman–Crippen LogP) is 2.69. The Balaban J connectivity index is 2.39. The highest BCUT2D eigenvalue weighted by atomic mass is 35.5. The summed E-state index contributed by atoms with van der Waals surface area (Å²) in [6, 6.07) is 1.73. The molecule has 0 aliphatic heterocycles. The highest BCUT2D eigenvalue weighted by molar-refractivity contribution is 6.33. The van der Waals surface area contributed by atoms with Gasteiger partial charge < -0.3 is 9.47 Å². The minimum Gasteiger partial charge on any atom is -0.488 e. The zero-order chi connectivity index (χ0) is 13.0. The molecule has 18 heavy (non-hydrogen) atoms. The molecule has 0 aromatic carbocycles. The third-order valence-corrected chi connectivity index (χ3v) is 2.77. The molecule has 0 unspecified atom stereocenters.